The first-order valence-corrected chi connectivity index (χ1v) is 5.41. The molecule has 0 radical (unpaired) electrons. The van der Waals surface area contributed by atoms with E-state index in [-0.39, 0.29) is 24.3 Å². The zero-order valence-corrected chi connectivity index (χ0v) is 9.86. The number of carbonyl (C=O) groups excluding carboxylic acids is 1. The van der Waals surface area contributed by atoms with Crippen LogP contribution < -0.4 is 0 Å². The molecule has 0 aromatic heterocycles. The van der Waals surface area contributed by atoms with Gasteiger partial charge in [0.25, 0.3) is 0 Å². The number of hydrogen-bond acceptors (Lipinski definition) is 4. The van der Waals surface area contributed by atoms with Crippen molar-refractivity contribution in [3.05, 3.63) is 0 Å². The monoisotopic (exact) mass is 216 g/mol. The maximum atomic E-state index is 11.2. The molecule has 1 aliphatic rings. The van der Waals surface area contributed by atoms with Gasteiger partial charge in [0.1, 0.15) is 0 Å². The van der Waals surface area contributed by atoms with E-state index in [0.717, 1.165) is 12.8 Å². The highest BCUT2D eigenvalue weighted by molar-refractivity contribution is 5.73. The second-order valence-electron chi connectivity index (χ2n) is 4.15. The fourth-order valence-electron chi connectivity index (χ4n) is 1.97. The van der Waals surface area contributed by atoms with Crippen LogP contribution in [0, 0.1) is 0 Å². The summed E-state index contributed by atoms with van der Waals surface area (Å²) in [5.74, 6) is -0.318. The maximum absolute atomic E-state index is 11.2. The van der Waals surface area contributed by atoms with Crippen molar-refractivity contribution in [3.63, 3.8) is 0 Å². The van der Waals surface area contributed by atoms with Gasteiger partial charge in [0.05, 0.1) is 25.4 Å². The van der Waals surface area contributed by atoms with Crippen LogP contribution in [0.5, 0.6) is 0 Å². The molecule has 1 aliphatic heterocycles. The zero-order chi connectivity index (χ0) is 11.4. The molecule has 0 saturated carbocycles. The summed E-state index contributed by atoms with van der Waals surface area (Å²) in [6.07, 6.45) is 1.68. The Morgan fingerprint density at radius 3 is 2.33 bits per heavy atom. The molecule has 0 bridgehead atoms. The lowest BCUT2D eigenvalue weighted by Gasteiger charge is -2.33. The van der Waals surface area contributed by atoms with Gasteiger partial charge in [0, 0.05) is 0 Å². The fourth-order valence-corrected chi connectivity index (χ4v) is 1.97. The molecule has 3 atom stereocenters. The van der Waals surface area contributed by atoms with Crippen LogP contribution in [0.2, 0.25) is 0 Å². The number of ether oxygens (including phenoxy) is 3. The van der Waals surface area contributed by atoms with E-state index in [1.54, 1.807) is 6.92 Å². The summed E-state index contributed by atoms with van der Waals surface area (Å²) in [5, 5.41) is 0. The third kappa shape index (κ3) is 3.80. The summed E-state index contributed by atoms with van der Waals surface area (Å²) < 4.78 is 15.8. The van der Waals surface area contributed by atoms with Gasteiger partial charge in [0.15, 0.2) is 6.10 Å². The quantitative estimate of drug-likeness (QED) is 0.671. The molecule has 0 N–H and O–H groups in total. The van der Waals surface area contributed by atoms with Gasteiger partial charge in [0.2, 0.25) is 0 Å². The summed E-state index contributed by atoms with van der Waals surface area (Å²) in [4.78, 5) is 11.2. The Bertz CT molecular complexity index is 207. The van der Waals surface area contributed by atoms with Crippen molar-refractivity contribution in [1.29, 1.82) is 0 Å². The second-order valence-corrected chi connectivity index (χ2v) is 4.15. The van der Waals surface area contributed by atoms with Gasteiger partial charge in [-0.2, -0.15) is 0 Å². The smallest absolute Gasteiger partial charge is 0.334 e. The minimum Gasteiger partial charge on any atom is -0.467 e. The average Bonchev–Trinajstić information content (AvgIpc) is 2.14. The van der Waals surface area contributed by atoms with Crippen molar-refractivity contribution in [2.24, 2.45) is 0 Å². The van der Waals surface area contributed by atoms with Crippen LogP contribution >= 0.6 is 0 Å². The first kappa shape index (κ1) is 12.5. The summed E-state index contributed by atoms with van der Waals surface area (Å²) in [7, 11) is 1.37. The van der Waals surface area contributed by atoms with Crippen molar-refractivity contribution in [2.45, 2.75) is 58.0 Å². The van der Waals surface area contributed by atoms with E-state index in [9.17, 15) is 4.79 Å². The number of hydrogen-bond donors (Lipinski definition) is 0. The van der Waals surface area contributed by atoms with E-state index < -0.39 is 6.10 Å². The molecule has 1 saturated heterocycles. The van der Waals surface area contributed by atoms with E-state index in [1.165, 1.54) is 7.11 Å². The molecular formula is C11H20O4. The summed E-state index contributed by atoms with van der Waals surface area (Å²) in [5.41, 5.74) is 0. The van der Waals surface area contributed by atoms with Crippen molar-refractivity contribution in [2.75, 3.05) is 7.11 Å². The lowest BCUT2D eigenvalue weighted by Crippen LogP contribution is -2.37. The van der Waals surface area contributed by atoms with Crippen LogP contribution in [0.4, 0.5) is 0 Å². The van der Waals surface area contributed by atoms with Gasteiger partial charge in [-0.25, -0.2) is 4.79 Å². The van der Waals surface area contributed by atoms with Gasteiger partial charge in [-0.3, -0.25) is 0 Å². The van der Waals surface area contributed by atoms with Crippen LogP contribution in [0.3, 0.4) is 0 Å². The minimum absolute atomic E-state index is 0.0952. The predicted molar refractivity (Wildman–Crippen MR) is 55.6 cm³/mol. The fraction of sp³-hybridized carbons (Fsp3) is 0.909. The van der Waals surface area contributed by atoms with E-state index in [1.807, 2.05) is 13.8 Å². The molecule has 0 amide bonds. The Morgan fingerprint density at radius 1 is 1.33 bits per heavy atom. The molecule has 88 valence electrons. The normalized spacial score (nSPS) is 33.5. The van der Waals surface area contributed by atoms with Gasteiger partial charge >= 0.3 is 5.97 Å². The van der Waals surface area contributed by atoms with Crippen molar-refractivity contribution < 1.29 is 19.0 Å². The topological polar surface area (TPSA) is 44.8 Å². The molecule has 4 heteroatoms. The summed E-state index contributed by atoms with van der Waals surface area (Å²) >= 11 is 0. The Labute approximate surface area is 90.9 Å². The minimum atomic E-state index is -0.488. The Balaban J connectivity index is 2.40. The third-order valence-corrected chi connectivity index (χ3v) is 2.58. The average molecular weight is 216 g/mol. The van der Waals surface area contributed by atoms with Crippen molar-refractivity contribution in [3.8, 4) is 0 Å². The molecule has 0 aromatic rings. The van der Waals surface area contributed by atoms with E-state index >= 15 is 0 Å². The van der Waals surface area contributed by atoms with Crippen molar-refractivity contribution >= 4 is 5.97 Å². The van der Waals surface area contributed by atoms with Gasteiger partial charge < -0.3 is 14.2 Å². The molecule has 0 aliphatic carbocycles. The predicted octanol–water partition coefficient (Wildman–Crippen LogP) is 1.52. The Morgan fingerprint density at radius 2 is 1.87 bits per heavy atom. The number of rotatable bonds is 3. The first-order valence-electron chi connectivity index (χ1n) is 5.41. The molecule has 1 heterocycles. The van der Waals surface area contributed by atoms with Crippen LogP contribution in [-0.2, 0) is 19.0 Å². The lowest BCUT2D eigenvalue weighted by atomic mass is 10.0. The van der Waals surface area contributed by atoms with Crippen molar-refractivity contribution in [1.82, 2.24) is 0 Å². The standard InChI is InChI=1S/C11H20O4/c1-7-5-10(6-8(2)14-7)15-9(3)11(12)13-4/h7-10H,5-6H2,1-4H3. The molecule has 4 nitrogen and oxygen atoms in total. The summed E-state index contributed by atoms with van der Waals surface area (Å²) in [6, 6.07) is 0. The molecule has 3 unspecified atom stereocenters. The number of methoxy groups -OCH3 is 1. The molecule has 1 rings (SSSR count). The number of carbonyl (C=O) groups is 1. The highest BCUT2D eigenvalue weighted by Gasteiger charge is 2.28. The SMILES string of the molecule is COC(=O)C(C)OC1CC(C)OC(C)C1. The summed E-state index contributed by atoms with van der Waals surface area (Å²) in [6.45, 7) is 5.76. The van der Waals surface area contributed by atoms with E-state index in [0.29, 0.717) is 0 Å². The van der Waals surface area contributed by atoms with Crippen LogP contribution in [-0.4, -0.2) is 37.5 Å². The highest BCUT2D eigenvalue weighted by Crippen LogP contribution is 2.22. The largest absolute Gasteiger partial charge is 0.467 e. The lowest BCUT2D eigenvalue weighted by molar-refractivity contribution is -0.165. The molecular weight excluding hydrogens is 196 g/mol. The van der Waals surface area contributed by atoms with Crippen LogP contribution in [0.25, 0.3) is 0 Å². The first-order chi connectivity index (χ1) is 7.02. The zero-order valence-electron chi connectivity index (χ0n) is 9.86. The van der Waals surface area contributed by atoms with E-state index in [4.69, 9.17) is 9.47 Å². The molecule has 15 heavy (non-hydrogen) atoms. The second kappa shape index (κ2) is 5.47. The van der Waals surface area contributed by atoms with Crippen LogP contribution in [0.1, 0.15) is 33.6 Å². The Hall–Kier alpha value is -0.610. The van der Waals surface area contributed by atoms with Gasteiger partial charge in [-0.05, 0) is 33.6 Å². The van der Waals surface area contributed by atoms with Gasteiger partial charge in [-0.1, -0.05) is 0 Å². The van der Waals surface area contributed by atoms with E-state index in [2.05, 4.69) is 4.74 Å². The maximum Gasteiger partial charge on any atom is 0.334 e. The highest BCUT2D eigenvalue weighted by atomic mass is 16.6. The number of esters is 1. The molecule has 0 aromatic carbocycles. The Kier molecular flexibility index (Phi) is 4.54. The van der Waals surface area contributed by atoms with Crippen LogP contribution in [0.15, 0.2) is 0 Å². The molecule has 0 spiro atoms. The third-order valence-electron chi connectivity index (χ3n) is 2.58. The van der Waals surface area contributed by atoms with Gasteiger partial charge in [-0.15, -0.1) is 0 Å². The molecule has 1 fully saturated rings.